The Labute approximate surface area is 155 Å². The molecule has 7 nitrogen and oxygen atoms in total. The second-order valence-electron chi connectivity index (χ2n) is 5.58. The largest absolute Gasteiger partial charge is 0.497 e. The molecule has 2 N–H and O–H groups in total. The number of carboxylic acids is 1. The van der Waals surface area contributed by atoms with Crippen molar-refractivity contribution in [3.63, 3.8) is 0 Å². The van der Waals surface area contributed by atoms with E-state index in [4.69, 9.17) is 14.2 Å². The topological polar surface area (TPSA) is 94.1 Å². The molecular formula is C19H20FNO6. The van der Waals surface area contributed by atoms with Crippen LogP contribution in [0.5, 0.6) is 17.2 Å². The third-order valence-corrected chi connectivity index (χ3v) is 3.57. The van der Waals surface area contributed by atoms with Crippen LogP contribution in [-0.4, -0.2) is 42.8 Å². The fraction of sp³-hybridized carbons (Fsp3) is 0.263. The highest BCUT2D eigenvalue weighted by Gasteiger charge is 2.23. The molecule has 0 aromatic heterocycles. The van der Waals surface area contributed by atoms with E-state index in [-0.39, 0.29) is 12.3 Å². The summed E-state index contributed by atoms with van der Waals surface area (Å²) in [6, 6.07) is 11.6. The zero-order chi connectivity index (χ0) is 19.8. The molecule has 2 aromatic rings. The summed E-state index contributed by atoms with van der Waals surface area (Å²) >= 11 is 0. The molecule has 0 saturated carbocycles. The number of benzene rings is 2. The van der Waals surface area contributed by atoms with E-state index >= 15 is 0 Å². The summed E-state index contributed by atoms with van der Waals surface area (Å²) in [6.07, 6.45) is -2.17. The van der Waals surface area contributed by atoms with E-state index in [1.165, 1.54) is 19.1 Å². The molecule has 0 aliphatic carbocycles. The van der Waals surface area contributed by atoms with Crippen molar-refractivity contribution in [1.29, 1.82) is 0 Å². The SMILES string of the molecule is COc1ccc(OC(C)C(=O)NCC(Oc2ccc(F)cc2)C(=O)O)cc1. The van der Waals surface area contributed by atoms with E-state index in [1.54, 1.807) is 31.4 Å². The Kier molecular flexibility index (Phi) is 6.99. The minimum absolute atomic E-state index is 0.181. The highest BCUT2D eigenvalue weighted by atomic mass is 19.1. The first-order valence-electron chi connectivity index (χ1n) is 8.12. The number of rotatable bonds is 9. The van der Waals surface area contributed by atoms with Gasteiger partial charge in [0.1, 0.15) is 23.1 Å². The molecule has 0 heterocycles. The van der Waals surface area contributed by atoms with E-state index in [1.807, 2.05) is 0 Å². The summed E-state index contributed by atoms with van der Waals surface area (Å²) in [5.41, 5.74) is 0. The number of nitrogens with one attached hydrogen (secondary N) is 1. The molecule has 0 spiro atoms. The third-order valence-electron chi connectivity index (χ3n) is 3.57. The number of hydrogen-bond donors (Lipinski definition) is 2. The van der Waals surface area contributed by atoms with Gasteiger partial charge in [-0.15, -0.1) is 0 Å². The fourth-order valence-corrected chi connectivity index (χ4v) is 2.11. The van der Waals surface area contributed by atoms with Gasteiger partial charge in [0.05, 0.1) is 13.7 Å². The summed E-state index contributed by atoms with van der Waals surface area (Å²) < 4.78 is 28.7. The minimum atomic E-state index is -1.33. The number of aliphatic carboxylic acids is 1. The van der Waals surface area contributed by atoms with Gasteiger partial charge in [-0.1, -0.05) is 0 Å². The van der Waals surface area contributed by atoms with E-state index in [0.717, 1.165) is 12.1 Å². The lowest BCUT2D eigenvalue weighted by Gasteiger charge is -2.18. The first kappa shape index (κ1) is 20.0. The van der Waals surface area contributed by atoms with Gasteiger partial charge in [-0.05, 0) is 55.5 Å². The average Bonchev–Trinajstić information content (AvgIpc) is 2.66. The Hall–Kier alpha value is -3.29. The molecule has 0 bridgehead atoms. The molecular weight excluding hydrogens is 357 g/mol. The van der Waals surface area contributed by atoms with Crippen molar-refractivity contribution in [2.75, 3.05) is 13.7 Å². The Morgan fingerprint density at radius 3 is 2.07 bits per heavy atom. The molecule has 2 unspecified atom stereocenters. The summed E-state index contributed by atoms with van der Waals surface area (Å²) in [4.78, 5) is 23.4. The van der Waals surface area contributed by atoms with Crippen LogP contribution in [0.15, 0.2) is 48.5 Å². The number of halogens is 1. The maximum Gasteiger partial charge on any atom is 0.346 e. The van der Waals surface area contributed by atoms with Gasteiger partial charge in [-0.2, -0.15) is 0 Å². The van der Waals surface area contributed by atoms with Crippen molar-refractivity contribution >= 4 is 11.9 Å². The van der Waals surface area contributed by atoms with Crippen molar-refractivity contribution in [2.45, 2.75) is 19.1 Å². The number of carboxylic acid groups (broad SMARTS) is 1. The van der Waals surface area contributed by atoms with Crippen molar-refractivity contribution in [3.05, 3.63) is 54.3 Å². The Balaban J connectivity index is 1.88. The van der Waals surface area contributed by atoms with E-state index in [0.29, 0.717) is 11.5 Å². The lowest BCUT2D eigenvalue weighted by molar-refractivity contribution is -0.145. The zero-order valence-corrected chi connectivity index (χ0v) is 14.8. The summed E-state index contributed by atoms with van der Waals surface area (Å²) in [7, 11) is 1.54. The van der Waals surface area contributed by atoms with Gasteiger partial charge in [0.2, 0.25) is 6.10 Å². The van der Waals surface area contributed by atoms with Crippen LogP contribution in [0.1, 0.15) is 6.92 Å². The number of methoxy groups -OCH3 is 1. The normalized spacial score (nSPS) is 12.6. The number of amides is 1. The van der Waals surface area contributed by atoms with Gasteiger partial charge in [0.15, 0.2) is 6.10 Å². The molecule has 144 valence electrons. The summed E-state index contributed by atoms with van der Waals surface area (Å²) in [5.74, 6) is -0.923. The smallest absolute Gasteiger partial charge is 0.346 e. The quantitative estimate of drug-likeness (QED) is 0.696. The Morgan fingerprint density at radius 1 is 1.00 bits per heavy atom. The van der Waals surface area contributed by atoms with Crippen LogP contribution in [0, 0.1) is 5.82 Å². The lowest BCUT2D eigenvalue weighted by Crippen LogP contribution is -2.44. The van der Waals surface area contributed by atoms with Crippen LogP contribution in [0.25, 0.3) is 0 Å². The van der Waals surface area contributed by atoms with Crippen LogP contribution in [0.2, 0.25) is 0 Å². The van der Waals surface area contributed by atoms with Gasteiger partial charge in [0.25, 0.3) is 5.91 Å². The predicted molar refractivity (Wildman–Crippen MR) is 94.5 cm³/mol. The van der Waals surface area contributed by atoms with Crippen molar-refractivity contribution in [1.82, 2.24) is 5.32 Å². The molecule has 0 aliphatic rings. The van der Waals surface area contributed by atoms with E-state index < -0.39 is 29.9 Å². The molecule has 2 rings (SSSR count). The molecule has 2 atom stereocenters. The maximum atomic E-state index is 12.9. The fourth-order valence-electron chi connectivity index (χ4n) is 2.11. The average molecular weight is 377 g/mol. The van der Waals surface area contributed by atoms with Crippen LogP contribution in [0.4, 0.5) is 4.39 Å². The van der Waals surface area contributed by atoms with Crippen LogP contribution in [0.3, 0.4) is 0 Å². The monoisotopic (exact) mass is 377 g/mol. The summed E-state index contributed by atoms with van der Waals surface area (Å²) in [5, 5.41) is 11.7. The van der Waals surface area contributed by atoms with E-state index in [9.17, 15) is 19.1 Å². The Morgan fingerprint density at radius 2 is 1.52 bits per heavy atom. The number of carbonyl (C=O) groups excluding carboxylic acids is 1. The second-order valence-corrected chi connectivity index (χ2v) is 5.58. The van der Waals surface area contributed by atoms with Gasteiger partial charge < -0.3 is 24.6 Å². The van der Waals surface area contributed by atoms with Gasteiger partial charge >= 0.3 is 5.97 Å². The summed E-state index contributed by atoms with van der Waals surface area (Å²) in [6.45, 7) is 1.26. The van der Waals surface area contributed by atoms with E-state index in [2.05, 4.69) is 5.32 Å². The molecule has 1 amide bonds. The van der Waals surface area contributed by atoms with Crippen molar-refractivity contribution in [2.24, 2.45) is 0 Å². The molecule has 0 saturated heterocycles. The van der Waals surface area contributed by atoms with Crippen LogP contribution in [-0.2, 0) is 9.59 Å². The van der Waals surface area contributed by atoms with Gasteiger partial charge in [-0.25, -0.2) is 9.18 Å². The molecule has 8 heteroatoms. The van der Waals surface area contributed by atoms with Crippen LogP contribution < -0.4 is 19.5 Å². The number of hydrogen-bond acceptors (Lipinski definition) is 5. The van der Waals surface area contributed by atoms with Gasteiger partial charge in [-0.3, -0.25) is 4.79 Å². The third kappa shape index (κ3) is 6.18. The minimum Gasteiger partial charge on any atom is -0.497 e. The predicted octanol–water partition coefficient (Wildman–Crippen LogP) is 2.25. The standard InChI is InChI=1S/C19H20FNO6/c1-12(26-15-9-7-14(25-2)8-10-15)18(22)21-11-17(19(23)24)27-16-5-3-13(20)4-6-16/h3-10,12,17H,11H2,1-2H3,(H,21,22)(H,23,24). The number of ether oxygens (including phenoxy) is 3. The molecule has 2 aromatic carbocycles. The highest BCUT2D eigenvalue weighted by Crippen LogP contribution is 2.18. The molecule has 27 heavy (non-hydrogen) atoms. The van der Waals surface area contributed by atoms with Crippen LogP contribution >= 0.6 is 0 Å². The second kappa shape index (κ2) is 9.42. The highest BCUT2D eigenvalue weighted by molar-refractivity contribution is 5.82. The first-order chi connectivity index (χ1) is 12.9. The number of carbonyl (C=O) groups is 2. The molecule has 0 fully saturated rings. The molecule has 0 radical (unpaired) electrons. The van der Waals surface area contributed by atoms with Gasteiger partial charge in [0, 0.05) is 0 Å². The maximum absolute atomic E-state index is 12.9. The lowest BCUT2D eigenvalue weighted by atomic mass is 10.3. The zero-order valence-electron chi connectivity index (χ0n) is 14.8. The first-order valence-corrected chi connectivity index (χ1v) is 8.12. The van der Waals surface area contributed by atoms with Crippen molar-refractivity contribution < 1.29 is 33.3 Å². The Bertz CT molecular complexity index is 763. The molecule has 0 aliphatic heterocycles. The van der Waals surface area contributed by atoms with Crippen molar-refractivity contribution in [3.8, 4) is 17.2 Å².